The van der Waals surface area contributed by atoms with E-state index in [1.807, 2.05) is 0 Å². The highest BCUT2D eigenvalue weighted by Gasteiger charge is 2.34. The first-order valence-electron chi connectivity index (χ1n) is 7.99. The fourth-order valence-electron chi connectivity index (χ4n) is 3.73. The fourth-order valence-corrected chi connectivity index (χ4v) is 3.73. The summed E-state index contributed by atoms with van der Waals surface area (Å²) in [6.45, 7) is 3.74. The van der Waals surface area contributed by atoms with Gasteiger partial charge in [0.15, 0.2) is 0 Å². The Hall–Kier alpha value is -0.900. The number of fused-ring (bicyclic) bond motifs is 1. The summed E-state index contributed by atoms with van der Waals surface area (Å²) in [6.07, 6.45) is 5.66. The molecule has 3 unspecified atom stereocenters. The summed E-state index contributed by atoms with van der Waals surface area (Å²) in [6, 6.07) is 11.3. The quantitative estimate of drug-likeness (QED) is 0.916. The minimum absolute atomic E-state index is 0.442. The maximum atomic E-state index is 6.03. The van der Waals surface area contributed by atoms with Crippen molar-refractivity contribution in [1.29, 1.82) is 0 Å². The molecule has 20 heavy (non-hydrogen) atoms. The Morgan fingerprint density at radius 1 is 1.20 bits per heavy atom. The maximum Gasteiger partial charge on any atom is 0.0730 e. The topological polar surface area (TPSA) is 38.5 Å². The van der Waals surface area contributed by atoms with Crippen molar-refractivity contribution in [2.45, 2.75) is 43.7 Å². The van der Waals surface area contributed by atoms with Crippen molar-refractivity contribution in [2.24, 2.45) is 5.73 Å². The third-order valence-corrected chi connectivity index (χ3v) is 4.86. The van der Waals surface area contributed by atoms with E-state index in [1.165, 1.54) is 31.2 Å². The van der Waals surface area contributed by atoms with Crippen LogP contribution >= 0.6 is 0 Å². The molecular formula is C17H26N2O. The molecule has 1 heterocycles. The average molecular weight is 274 g/mol. The summed E-state index contributed by atoms with van der Waals surface area (Å²) in [5, 5.41) is 0. The zero-order chi connectivity index (χ0) is 13.8. The molecule has 0 radical (unpaired) electrons. The van der Waals surface area contributed by atoms with Crippen LogP contribution in [-0.2, 0) is 4.74 Å². The molecule has 2 fully saturated rings. The molecule has 1 aliphatic carbocycles. The van der Waals surface area contributed by atoms with Gasteiger partial charge in [0.1, 0.15) is 0 Å². The fraction of sp³-hybridized carbons (Fsp3) is 0.647. The largest absolute Gasteiger partial charge is 0.375 e. The summed E-state index contributed by atoms with van der Waals surface area (Å²) in [7, 11) is 0. The molecule has 3 nitrogen and oxygen atoms in total. The van der Waals surface area contributed by atoms with Crippen molar-refractivity contribution in [3.05, 3.63) is 35.9 Å². The van der Waals surface area contributed by atoms with Gasteiger partial charge in [0.2, 0.25) is 0 Å². The lowest BCUT2D eigenvalue weighted by Crippen LogP contribution is -2.54. The lowest BCUT2D eigenvalue weighted by atomic mass is 9.88. The van der Waals surface area contributed by atoms with Gasteiger partial charge in [-0.1, -0.05) is 43.2 Å². The third-order valence-electron chi connectivity index (χ3n) is 4.86. The predicted octanol–water partition coefficient (Wildman–Crippen LogP) is 2.37. The van der Waals surface area contributed by atoms with E-state index < -0.39 is 0 Å². The molecule has 1 saturated carbocycles. The number of nitrogens with zero attached hydrogens (tertiary/aromatic N) is 1. The summed E-state index contributed by atoms with van der Waals surface area (Å²) in [4.78, 5) is 2.64. The molecule has 3 atom stereocenters. The van der Waals surface area contributed by atoms with Crippen molar-refractivity contribution in [3.63, 3.8) is 0 Å². The van der Waals surface area contributed by atoms with Crippen molar-refractivity contribution in [3.8, 4) is 0 Å². The van der Waals surface area contributed by atoms with Crippen LogP contribution in [-0.4, -0.2) is 43.3 Å². The van der Waals surface area contributed by atoms with Crippen molar-refractivity contribution >= 4 is 0 Å². The molecule has 3 rings (SSSR count). The highest BCUT2D eigenvalue weighted by Crippen LogP contribution is 2.30. The molecular weight excluding hydrogens is 248 g/mol. The number of ether oxygens (including phenoxy) is 1. The first-order chi connectivity index (χ1) is 9.88. The Morgan fingerprint density at radius 3 is 2.80 bits per heavy atom. The number of morpholine rings is 1. The highest BCUT2D eigenvalue weighted by molar-refractivity contribution is 5.20. The van der Waals surface area contributed by atoms with E-state index in [1.54, 1.807) is 0 Å². The first kappa shape index (κ1) is 14.1. The van der Waals surface area contributed by atoms with E-state index in [-0.39, 0.29) is 0 Å². The molecule has 1 saturated heterocycles. The molecule has 3 heteroatoms. The zero-order valence-corrected chi connectivity index (χ0v) is 12.2. The van der Waals surface area contributed by atoms with Gasteiger partial charge in [-0.3, -0.25) is 4.90 Å². The van der Waals surface area contributed by atoms with Crippen LogP contribution in [0.25, 0.3) is 0 Å². The Kier molecular flexibility index (Phi) is 4.71. The van der Waals surface area contributed by atoms with E-state index >= 15 is 0 Å². The molecule has 1 aromatic carbocycles. The Labute approximate surface area is 122 Å². The second-order valence-electron chi connectivity index (χ2n) is 6.10. The molecule has 2 aliphatic rings. The smallest absolute Gasteiger partial charge is 0.0730 e. The van der Waals surface area contributed by atoms with Gasteiger partial charge in [-0.2, -0.15) is 0 Å². The van der Waals surface area contributed by atoms with Gasteiger partial charge in [0.25, 0.3) is 0 Å². The van der Waals surface area contributed by atoms with Crippen LogP contribution in [0, 0.1) is 0 Å². The summed E-state index contributed by atoms with van der Waals surface area (Å²) in [5.41, 5.74) is 7.40. The van der Waals surface area contributed by atoms with E-state index in [0.29, 0.717) is 18.1 Å². The lowest BCUT2D eigenvalue weighted by Gasteiger charge is -2.45. The molecule has 0 spiro atoms. The van der Waals surface area contributed by atoms with Crippen LogP contribution in [0.4, 0.5) is 0 Å². The summed E-state index contributed by atoms with van der Waals surface area (Å²) >= 11 is 0. The number of hydrogen-bond acceptors (Lipinski definition) is 3. The van der Waals surface area contributed by atoms with Gasteiger partial charge in [-0.15, -0.1) is 0 Å². The third kappa shape index (κ3) is 3.05. The predicted molar refractivity (Wildman–Crippen MR) is 81.8 cm³/mol. The minimum Gasteiger partial charge on any atom is -0.375 e. The molecule has 1 aromatic rings. The second kappa shape index (κ2) is 6.70. The normalized spacial score (nSPS) is 28.9. The SMILES string of the molecule is NCC(CN1CCOC2CCCCC21)c1ccccc1. The standard InChI is InChI=1S/C17H26N2O/c18-12-15(14-6-2-1-3-7-14)13-19-10-11-20-17-9-5-4-8-16(17)19/h1-3,6-7,15-17H,4-5,8-13,18H2. The van der Waals surface area contributed by atoms with Gasteiger partial charge in [-0.05, 0) is 18.4 Å². The van der Waals surface area contributed by atoms with Crippen molar-refractivity contribution in [2.75, 3.05) is 26.2 Å². The monoisotopic (exact) mass is 274 g/mol. The number of rotatable bonds is 4. The van der Waals surface area contributed by atoms with Crippen LogP contribution in [0.1, 0.15) is 37.2 Å². The molecule has 1 aliphatic heterocycles. The number of benzene rings is 1. The van der Waals surface area contributed by atoms with E-state index in [4.69, 9.17) is 10.5 Å². The number of nitrogens with two attached hydrogens (primary N) is 1. The van der Waals surface area contributed by atoms with E-state index in [9.17, 15) is 0 Å². The van der Waals surface area contributed by atoms with Crippen LogP contribution < -0.4 is 5.73 Å². The molecule has 0 bridgehead atoms. The molecule has 0 amide bonds. The van der Waals surface area contributed by atoms with Crippen molar-refractivity contribution in [1.82, 2.24) is 4.90 Å². The zero-order valence-electron chi connectivity index (χ0n) is 12.2. The van der Waals surface area contributed by atoms with Gasteiger partial charge < -0.3 is 10.5 Å². The molecule has 2 N–H and O–H groups in total. The minimum atomic E-state index is 0.442. The van der Waals surface area contributed by atoms with E-state index in [0.717, 1.165) is 26.2 Å². The lowest BCUT2D eigenvalue weighted by molar-refractivity contribution is -0.0893. The number of hydrogen-bond donors (Lipinski definition) is 1. The van der Waals surface area contributed by atoms with Gasteiger partial charge >= 0.3 is 0 Å². The summed E-state index contributed by atoms with van der Waals surface area (Å²) in [5.74, 6) is 0.442. The summed E-state index contributed by atoms with van der Waals surface area (Å²) < 4.78 is 5.96. The Morgan fingerprint density at radius 2 is 2.00 bits per heavy atom. The van der Waals surface area contributed by atoms with Crippen molar-refractivity contribution < 1.29 is 4.74 Å². The van der Waals surface area contributed by atoms with Crippen LogP contribution in [0.2, 0.25) is 0 Å². The Balaban J connectivity index is 1.68. The Bertz CT molecular complexity index is 407. The second-order valence-corrected chi connectivity index (χ2v) is 6.10. The van der Waals surface area contributed by atoms with Gasteiger partial charge in [0, 0.05) is 31.6 Å². The highest BCUT2D eigenvalue weighted by atomic mass is 16.5. The first-order valence-corrected chi connectivity index (χ1v) is 7.99. The van der Waals surface area contributed by atoms with E-state index in [2.05, 4.69) is 35.2 Å². The molecule has 110 valence electrons. The van der Waals surface area contributed by atoms with Crippen LogP contribution in [0.3, 0.4) is 0 Å². The van der Waals surface area contributed by atoms with Gasteiger partial charge in [0.05, 0.1) is 12.7 Å². The van der Waals surface area contributed by atoms with Crippen LogP contribution in [0.5, 0.6) is 0 Å². The maximum absolute atomic E-state index is 6.03. The average Bonchev–Trinajstić information content (AvgIpc) is 2.53. The van der Waals surface area contributed by atoms with Crippen LogP contribution in [0.15, 0.2) is 30.3 Å². The van der Waals surface area contributed by atoms with Gasteiger partial charge in [-0.25, -0.2) is 0 Å². The molecule has 0 aromatic heterocycles.